The van der Waals surface area contributed by atoms with Crippen molar-refractivity contribution in [3.8, 4) is 0 Å². The molecule has 0 spiro atoms. The molecule has 0 heterocycles. The minimum absolute atomic E-state index is 0.0240. The molecular formula is C25H44O4S2Si. The Morgan fingerprint density at radius 3 is 2.06 bits per heavy atom. The van der Waals surface area contributed by atoms with Crippen LogP contribution in [0.1, 0.15) is 79.2 Å². The predicted octanol–water partition coefficient (Wildman–Crippen LogP) is 7.15. The molecule has 1 aromatic carbocycles. The lowest BCUT2D eigenvalue weighted by atomic mass is 9.87. The maximum atomic E-state index is 12.9. The van der Waals surface area contributed by atoms with Crippen molar-refractivity contribution in [2.75, 3.05) is 12.4 Å². The summed E-state index contributed by atoms with van der Waals surface area (Å²) in [7, 11) is -5.61. The van der Waals surface area contributed by atoms with E-state index < -0.39 is 18.4 Å². The van der Waals surface area contributed by atoms with E-state index in [4.69, 9.17) is 8.61 Å². The average Bonchev–Trinajstić information content (AvgIpc) is 2.65. The molecule has 4 nitrogen and oxygen atoms in total. The first-order valence-corrected chi connectivity index (χ1v) is 17.3. The normalized spacial score (nSPS) is 18.0. The van der Waals surface area contributed by atoms with Gasteiger partial charge in [-0.15, -0.1) is 11.8 Å². The van der Waals surface area contributed by atoms with Crippen LogP contribution in [-0.2, 0) is 24.1 Å². The zero-order valence-electron chi connectivity index (χ0n) is 21.4. The third kappa shape index (κ3) is 8.78. The molecule has 32 heavy (non-hydrogen) atoms. The second kappa shape index (κ2) is 10.9. The summed E-state index contributed by atoms with van der Waals surface area (Å²) in [5.74, 6) is -0.0240. The van der Waals surface area contributed by atoms with Gasteiger partial charge in [-0.2, -0.15) is 8.42 Å². The van der Waals surface area contributed by atoms with Crippen LogP contribution < -0.4 is 0 Å². The fourth-order valence-corrected chi connectivity index (χ4v) is 7.49. The van der Waals surface area contributed by atoms with E-state index in [1.165, 1.54) is 12.0 Å². The van der Waals surface area contributed by atoms with Crippen LogP contribution in [0.3, 0.4) is 0 Å². The number of rotatable bonds is 9. The number of hydrogen-bond donors (Lipinski definition) is 0. The Labute approximate surface area is 202 Å². The fraction of sp³-hybridized carbons (Fsp3) is 0.760. The topological polar surface area (TPSA) is 52.6 Å². The van der Waals surface area contributed by atoms with Crippen LogP contribution in [0.5, 0.6) is 0 Å². The molecule has 0 bridgehead atoms. The molecule has 7 heteroatoms. The van der Waals surface area contributed by atoms with Crippen LogP contribution in [0, 0.1) is 0 Å². The molecule has 0 saturated heterocycles. The van der Waals surface area contributed by atoms with Gasteiger partial charge in [0.2, 0.25) is 0 Å². The molecule has 1 fully saturated rings. The monoisotopic (exact) mass is 500 g/mol. The van der Waals surface area contributed by atoms with E-state index >= 15 is 0 Å². The second-order valence-electron chi connectivity index (χ2n) is 11.7. The van der Waals surface area contributed by atoms with Crippen molar-refractivity contribution in [1.29, 1.82) is 0 Å². The van der Waals surface area contributed by atoms with E-state index in [2.05, 4.69) is 78.9 Å². The van der Waals surface area contributed by atoms with E-state index in [0.717, 1.165) is 30.6 Å². The first-order valence-electron chi connectivity index (χ1n) is 11.9. The molecule has 1 aliphatic carbocycles. The van der Waals surface area contributed by atoms with E-state index in [0.29, 0.717) is 6.61 Å². The molecule has 184 valence electrons. The molecule has 1 atom stereocenters. The van der Waals surface area contributed by atoms with Crippen molar-refractivity contribution in [1.82, 2.24) is 0 Å². The SMILES string of the molecule is CC(C)(C)c1ccc(SC(CO[Si](C)(C)C(C)(C)C)CS(=O)(=O)OC2CCCCC2)cc1. The summed E-state index contributed by atoms with van der Waals surface area (Å²) in [5.41, 5.74) is 1.36. The van der Waals surface area contributed by atoms with Crippen LogP contribution in [0.15, 0.2) is 29.2 Å². The lowest BCUT2D eigenvalue weighted by Gasteiger charge is -2.37. The van der Waals surface area contributed by atoms with Gasteiger partial charge in [0.1, 0.15) is 0 Å². The minimum atomic E-state index is -3.62. The van der Waals surface area contributed by atoms with Crippen molar-refractivity contribution >= 4 is 30.2 Å². The van der Waals surface area contributed by atoms with Gasteiger partial charge in [0, 0.05) is 16.8 Å². The molecule has 0 amide bonds. The van der Waals surface area contributed by atoms with Gasteiger partial charge in [-0.05, 0) is 54.1 Å². The molecule has 1 aliphatic rings. The smallest absolute Gasteiger partial charge is 0.268 e. The van der Waals surface area contributed by atoms with E-state index in [-0.39, 0.29) is 27.6 Å². The molecule has 0 radical (unpaired) electrons. The quantitative estimate of drug-likeness (QED) is 0.205. The average molecular weight is 501 g/mol. The molecule has 0 aliphatic heterocycles. The Balaban J connectivity index is 2.14. The Hall–Kier alpha value is -0.343. The first-order chi connectivity index (χ1) is 14.6. The molecule has 0 N–H and O–H groups in total. The van der Waals surface area contributed by atoms with Crippen LogP contribution in [0.2, 0.25) is 18.1 Å². The zero-order chi connectivity index (χ0) is 24.2. The zero-order valence-corrected chi connectivity index (χ0v) is 24.0. The highest BCUT2D eigenvalue weighted by atomic mass is 32.2. The van der Waals surface area contributed by atoms with E-state index in [1.807, 2.05) is 0 Å². The van der Waals surface area contributed by atoms with Crippen LogP contribution in [-0.4, -0.2) is 40.4 Å². The number of benzene rings is 1. The van der Waals surface area contributed by atoms with Gasteiger partial charge < -0.3 is 4.43 Å². The van der Waals surface area contributed by atoms with Gasteiger partial charge in [-0.3, -0.25) is 4.18 Å². The van der Waals surface area contributed by atoms with Crippen molar-refractivity contribution in [3.05, 3.63) is 29.8 Å². The third-order valence-corrected chi connectivity index (χ3v) is 14.0. The van der Waals surface area contributed by atoms with Crippen molar-refractivity contribution in [2.45, 2.75) is 113 Å². The summed E-state index contributed by atoms with van der Waals surface area (Å²) < 4.78 is 37.9. The highest BCUT2D eigenvalue weighted by Gasteiger charge is 2.38. The summed E-state index contributed by atoms with van der Waals surface area (Å²) >= 11 is 1.59. The lowest BCUT2D eigenvalue weighted by Crippen LogP contribution is -2.43. The number of thioether (sulfide) groups is 1. The van der Waals surface area contributed by atoms with Gasteiger partial charge in [-0.25, -0.2) is 0 Å². The maximum absolute atomic E-state index is 12.9. The largest absolute Gasteiger partial charge is 0.416 e. The van der Waals surface area contributed by atoms with Gasteiger partial charge in [0.25, 0.3) is 10.1 Å². The highest BCUT2D eigenvalue weighted by molar-refractivity contribution is 8.01. The molecule has 1 unspecified atom stereocenters. The Morgan fingerprint density at radius 1 is 1.00 bits per heavy atom. The van der Waals surface area contributed by atoms with E-state index in [9.17, 15) is 8.42 Å². The number of hydrogen-bond acceptors (Lipinski definition) is 5. The molecular weight excluding hydrogens is 456 g/mol. The van der Waals surface area contributed by atoms with Crippen molar-refractivity contribution in [3.63, 3.8) is 0 Å². The molecule has 1 saturated carbocycles. The van der Waals surface area contributed by atoms with Crippen molar-refractivity contribution in [2.24, 2.45) is 0 Å². The Bertz CT molecular complexity index is 815. The molecule has 1 aromatic rings. The van der Waals surface area contributed by atoms with Crippen molar-refractivity contribution < 1.29 is 17.0 Å². The van der Waals surface area contributed by atoms with Gasteiger partial charge in [-0.1, -0.05) is 72.9 Å². The van der Waals surface area contributed by atoms with Crippen LogP contribution >= 0.6 is 11.8 Å². The highest BCUT2D eigenvalue weighted by Crippen LogP contribution is 2.38. The summed E-state index contributed by atoms with van der Waals surface area (Å²) in [6, 6.07) is 8.47. The summed E-state index contributed by atoms with van der Waals surface area (Å²) in [6.07, 6.45) is 4.78. The lowest BCUT2D eigenvalue weighted by molar-refractivity contribution is 0.161. The first kappa shape index (κ1) is 27.9. The Kier molecular flexibility index (Phi) is 9.53. The summed E-state index contributed by atoms with van der Waals surface area (Å²) in [5, 5.41) is -0.133. The van der Waals surface area contributed by atoms with Gasteiger partial charge >= 0.3 is 0 Å². The van der Waals surface area contributed by atoms with Crippen LogP contribution in [0.25, 0.3) is 0 Å². The maximum Gasteiger partial charge on any atom is 0.268 e. The van der Waals surface area contributed by atoms with Gasteiger partial charge in [0.15, 0.2) is 8.32 Å². The Morgan fingerprint density at radius 2 is 1.56 bits per heavy atom. The van der Waals surface area contributed by atoms with Crippen LogP contribution in [0.4, 0.5) is 0 Å². The summed E-state index contributed by atoms with van der Waals surface area (Å²) in [4.78, 5) is 1.06. The molecule has 2 rings (SSSR count). The third-order valence-electron chi connectivity index (χ3n) is 6.68. The predicted molar refractivity (Wildman–Crippen MR) is 140 cm³/mol. The van der Waals surface area contributed by atoms with Gasteiger partial charge in [0.05, 0.1) is 11.9 Å². The second-order valence-corrected chi connectivity index (χ2v) is 19.5. The van der Waals surface area contributed by atoms with E-state index in [1.54, 1.807) is 11.8 Å². The fourth-order valence-electron chi connectivity index (χ4n) is 3.50. The standard InChI is InChI=1S/C25H44O4S2Si/c1-24(2,3)20-14-16-22(17-15-20)30-23(18-28-32(7,8)25(4,5)6)19-31(26,27)29-21-12-10-9-11-13-21/h14-17,21,23H,9-13,18-19H2,1-8H3. The minimum Gasteiger partial charge on any atom is -0.416 e. The summed E-state index contributed by atoms with van der Waals surface area (Å²) in [6.45, 7) is 18.0. The molecule has 0 aromatic heterocycles.